The number of nitrogens with zero attached hydrogens (tertiary/aromatic N) is 1. The molecule has 3 aromatic carbocycles. The van der Waals surface area contributed by atoms with E-state index >= 15 is 0 Å². The van der Waals surface area contributed by atoms with Crippen molar-refractivity contribution in [3.8, 4) is 17.2 Å². The van der Waals surface area contributed by atoms with Crippen molar-refractivity contribution in [3.63, 3.8) is 0 Å². The highest BCUT2D eigenvalue weighted by molar-refractivity contribution is 6.32. The van der Waals surface area contributed by atoms with E-state index in [0.717, 1.165) is 23.1 Å². The van der Waals surface area contributed by atoms with Crippen LogP contribution in [0.3, 0.4) is 0 Å². The Morgan fingerprint density at radius 3 is 2.77 bits per heavy atom. The van der Waals surface area contributed by atoms with Gasteiger partial charge in [-0.25, -0.2) is 4.98 Å². The van der Waals surface area contributed by atoms with Crippen molar-refractivity contribution in [1.29, 1.82) is 0 Å². The summed E-state index contributed by atoms with van der Waals surface area (Å²) >= 11 is 6.05. The molecule has 1 amide bonds. The molecule has 0 fully saturated rings. The molecule has 158 valence electrons. The van der Waals surface area contributed by atoms with E-state index in [1.807, 2.05) is 24.3 Å². The molecule has 0 saturated heterocycles. The summed E-state index contributed by atoms with van der Waals surface area (Å²) in [5, 5.41) is 3.29. The van der Waals surface area contributed by atoms with E-state index in [1.54, 1.807) is 30.3 Å². The average molecular weight is 435 g/mol. The molecule has 4 rings (SSSR count). The van der Waals surface area contributed by atoms with E-state index in [2.05, 4.69) is 36.3 Å². The minimum atomic E-state index is -0.284. The number of nitrogens with one attached hydrogen (secondary N) is 1. The maximum Gasteiger partial charge on any atom is 0.262 e. The van der Waals surface area contributed by atoms with Crippen molar-refractivity contribution in [3.05, 3.63) is 77.3 Å². The number of rotatable bonds is 7. The SMILES string of the molecule is CCC(C)c1ccc2oc(-c3cccc(NC(=O)COc4ccccc4Cl)c3)nc2c1. The Kier molecular flexibility index (Phi) is 6.23. The van der Waals surface area contributed by atoms with Gasteiger partial charge in [0.2, 0.25) is 5.89 Å². The average Bonchev–Trinajstić information content (AvgIpc) is 3.22. The van der Waals surface area contributed by atoms with Gasteiger partial charge < -0.3 is 14.5 Å². The zero-order valence-corrected chi connectivity index (χ0v) is 18.1. The van der Waals surface area contributed by atoms with Crippen LogP contribution in [-0.2, 0) is 4.79 Å². The van der Waals surface area contributed by atoms with Crippen LogP contribution in [0.1, 0.15) is 31.7 Å². The normalized spacial score (nSPS) is 12.0. The Morgan fingerprint density at radius 1 is 1.13 bits per heavy atom. The summed E-state index contributed by atoms with van der Waals surface area (Å²) in [6.07, 6.45) is 1.07. The molecule has 1 N–H and O–H groups in total. The van der Waals surface area contributed by atoms with Crippen molar-refractivity contribution in [1.82, 2.24) is 4.98 Å². The van der Waals surface area contributed by atoms with Crippen LogP contribution in [0.15, 0.2) is 71.1 Å². The minimum absolute atomic E-state index is 0.144. The molecule has 1 unspecified atom stereocenters. The lowest BCUT2D eigenvalue weighted by molar-refractivity contribution is -0.118. The van der Waals surface area contributed by atoms with Gasteiger partial charge in [0.15, 0.2) is 12.2 Å². The number of carbonyl (C=O) groups is 1. The maximum absolute atomic E-state index is 12.3. The summed E-state index contributed by atoms with van der Waals surface area (Å²) in [7, 11) is 0. The quantitative estimate of drug-likeness (QED) is 0.352. The molecular weight excluding hydrogens is 412 g/mol. The lowest BCUT2D eigenvalue weighted by atomic mass is 9.98. The van der Waals surface area contributed by atoms with E-state index in [4.69, 9.17) is 20.8 Å². The third-order valence-corrected chi connectivity index (χ3v) is 5.49. The van der Waals surface area contributed by atoms with Crippen LogP contribution in [-0.4, -0.2) is 17.5 Å². The number of hydrogen-bond donors (Lipinski definition) is 1. The number of benzene rings is 3. The van der Waals surface area contributed by atoms with Gasteiger partial charge in [0, 0.05) is 11.3 Å². The number of carbonyl (C=O) groups excluding carboxylic acids is 1. The monoisotopic (exact) mass is 434 g/mol. The van der Waals surface area contributed by atoms with Crippen molar-refractivity contribution in [2.75, 3.05) is 11.9 Å². The standard InChI is InChI=1S/C25H23ClN2O3/c1-3-16(2)17-11-12-23-21(14-17)28-25(31-23)18-7-6-8-19(13-18)27-24(29)15-30-22-10-5-4-9-20(22)26/h4-14,16H,3,15H2,1-2H3,(H,27,29). The van der Waals surface area contributed by atoms with Crippen molar-refractivity contribution in [2.24, 2.45) is 0 Å². The van der Waals surface area contributed by atoms with Gasteiger partial charge >= 0.3 is 0 Å². The van der Waals surface area contributed by atoms with Crippen molar-refractivity contribution < 1.29 is 13.9 Å². The summed E-state index contributed by atoms with van der Waals surface area (Å²) in [6.45, 7) is 4.22. The molecule has 6 heteroatoms. The van der Waals surface area contributed by atoms with Crippen LogP contribution in [0, 0.1) is 0 Å². The van der Waals surface area contributed by atoms with Crippen LogP contribution >= 0.6 is 11.6 Å². The molecule has 4 aromatic rings. The lowest BCUT2D eigenvalue weighted by Gasteiger charge is -2.09. The van der Waals surface area contributed by atoms with Crippen molar-refractivity contribution in [2.45, 2.75) is 26.2 Å². The summed E-state index contributed by atoms with van der Waals surface area (Å²) < 4.78 is 11.4. The number of hydrogen-bond acceptors (Lipinski definition) is 4. The summed E-state index contributed by atoms with van der Waals surface area (Å²) in [4.78, 5) is 16.9. The van der Waals surface area contributed by atoms with Gasteiger partial charge in [-0.1, -0.05) is 49.7 Å². The molecule has 1 aromatic heterocycles. The molecule has 0 aliphatic carbocycles. The molecule has 0 spiro atoms. The first-order valence-corrected chi connectivity index (χ1v) is 10.6. The number of anilines is 1. The third kappa shape index (κ3) is 4.89. The van der Waals surface area contributed by atoms with Crippen molar-refractivity contribution >= 4 is 34.3 Å². The topological polar surface area (TPSA) is 64.4 Å². The van der Waals surface area contributed by atoms with Crippen LogP contribution in [0.5, 0.6) is 5.75 Å². The zero-order valence-electron chi connectivity index (χ0n) is 17.4. The molecular formula is C25H23ClN2O3. The predicted molar refractivity (Wildman–Crippen MR) is 124 cm³/mol. The Hall–Kier alpha value is -3.31. The molecule has 0 radical (unpaired) electrons. The second-order valence-corrected chi connectivity index (χ2v) is 7.81. The summed E-state index contributed by atoms with van der Waals surface area (Å²) in [5.41, 5.74) is 4.23. The highest BCUT2D eigenvalue weighted by Gasteiger charge is 2.12. The van der Waals surface area contributed by atoms with Gasteiger partial charge in [0.1, 0.15) is 11.3 Å². The van der Waals surface area contributed by atoms with Crippen LogP contribution in [0.4, 0.5) is 5.69 Å². The van der Waals surface area contributed by atoms with E-state index in [0.29, 0.717) is 28.3 Å². The molecule has 5 nitrogen and oxygen atoms in total. The maximum atomic E-state index is 12.3. The van der Waals surface area contributed by atoms with Gasteiger partial charge in [0.25, 0.3) is 5.91 Å². The molecule has 0 aliphatic rings. The number of ether oxygens (including phenoxy) is 1. The first-order chi connectivity index (χ1) is 15.0. The van der Waals surface area contributed by atoms with E-state index in [9.17, 15) is 4.79 Å². The fraction of sp³-hybridized carbons (Fsp3) is 0.200. The highest BCUT2D eigenvalue weighted by atomic mass is 35.5. The fourth-order valence-corrected chi connectivity index (χ4v) is 3.43. The van der Waals surface area contributed by atoms with E-state index < -0.39 is 0 Å². The lowest BCUT2D eigenvalue weighted by Crippen LogP contribution is -2.20. The van der Waals surface area contributed by atoms with Gasteiger partial charge in [-0.3, -0.25) is 4.79 Å². The second kappa shape index (κ2) is 9.23. The molecule has 1 heterocycles. The first-order valence-electron chi connectivity index (χ1n) is 10.2. The third-order valence-electron chi connectivity index (χ3n) is 5.18. The van der Waals surface area contributed by atoms with Gasteiger partial charge in [-0.15, -0.1) is 0 Å². The van der Waals surface area contributed by atoms with E-state index in [-0.39, 0.29) is 12.5 Å². The molecule has 0 saturated carbocycles. The Bertz CT molecular complexity index is 1220. The summed E-state index contributed by atoms with van der Waals surface area (Å²) in [6, 6.07) is 20.5. The first kappa shape index (κ1) is 20.9. The number of amides is 1. The zero-order chi connectivity index (χ0) is 21.8. The number of oxazole rings is 1. The van der Waals surface area contributed by atoms with Gasteiger partial charge in [-0.2, -0.15) is 0 Å². The smallest absolute Gasteiger partial charge is 0.262 e. The highest BCUT2D eigenvalue weighted by Crippen LogP contribution is 2.29. The predicted octanol–water partition coefficient (Wildman–Crippen LogP) is 6.68. The number of fused-ring (bicyclic) bond motifs is 1. The Labute approximate surface area is 186 Å². The van der Waals surface area contributed by atoms with Crippen LogP contribution < -0.4 is 10.1 Å². The minimum Gasteiger partial charge on any atom is -0.482 e. The number of halogens is 1. The fourth-order valence-electron chi connectivity index (χ4n) is 3.24. The van der Waals surface area contributed by atoms with Gasteiger partial charge in [-0.05, 0) is 60.4 Å². The summed E-state index contributed by atoms with van der Waals surface area (Å²) in [5.74, 6) is 1.17. The largest absolute Gasteiger partial charge is 0.482 e. The number of para-hydroxylation sites is 1. The second-order valence-electron chi connectivity index (χ2n) is 7.40. The molecule has 31 heavy (non-hydrogen) atoms. The molecule has 0 aliphatic heterocycles. The Balaban J connectivity index is 1.47. The number of aromatic nitrogens is 1. The van der Waals surface area contributed by atoms with Crippen LogP contribution in [0.2, 0.25) is 5.02 Å². The Morgan fingerprint density at radius 2 is 1.97 bits per heavy atom. The van der Waals surface area contributed by atoms with Crippen LogP contribution in [0.25, 0.3) is 22.6 Å². The van der Waals surface area contributed by atoms with E-state index in [1.165, 1.54) is 5.56 Å². The molecule has 1 atom stereocenters. The van der Waals surface area contributed by atoms with Gasteiger partial charge in [0.05, 0.1) is 5.02 Å². The molecule has 0 bridgehead atoms.